The highest BCUT2D eigenvalue weighted by atomic mass is 16.4. The third kappa shape index (κ3) is 5.15. The van der Waals surface area contributed by atoms with Crippen molar-refractivity contribution >= 4 is 5.97 Å². The van der Waals surface area contributed by atoms with E-state index in [0.717, 1.165) is 6.42 Å². The topological polar surface area (TPSA) is 49.3 Å². The highest BCUT2D eigenvalue weighted by molar-refractivity contribution is 5.67. The predicted octanol–water partition coefficient (Wildman–Crippen LogP) is 3.00. The van der Waals surface area contributed by atoms with E-state index in [0.29, 0.717) is 6.54 Å². The van der Waals surface area contributed by atoms with Crippen molar-refractivity contribution in [1.82, 2.24) is 5.32 Å². The number of carbonyl (C=O) groups is 1. The predicted molar refractivity (Wildman–Crippen MR) is 73.4 cm³/mol. The lowest BCUT2D eigenvalue weighted by molar-refractivity contribution is -0.138. The van der Waals surface area contributed by atoms with Crippen molar-refractivity contribution in [2.75, 3.05) is 6.54 Å². The van der Waals surface area contributed by atoms with Gasteiger partial charge in [-0.1, -0.05) is 36.4 Å². The van der Waals surface area contributed by atoms with E-state index in [2.05, 4.69) is 31.0 Å². The molecule has 2 N–H and O–H groups in total. The Kier molecular flexibility index (Phi) is 6.15. The second-order valence-corrected chi connectivity index (χ2v) is 4.53. The van der Waals surface area contributed by atoms with Gasteiger partial charge in [-0.05, 0) is 31.4 Å². The van der Waals surface area contributed by atoms with Crippen LogP contribution in [0.3, 0.4) is 0 Å². The summed E-state index contributed by atoms with van der Waals surface area (Å²) in [7, 11) is 0. The Hall–Kier alpha value is -1.61. The van der Waals surface area contributed by atoms with Crippen molar-refractivity contribution in [3.8, 4) is 0 Å². The van der Waals surface area contributed by atoms with Gasteiger partial charge in [0.05, 0.1) is 0 Å². The summed E-state index contributed by atoms with van der Waals surface area (Å²) in [6.45, 7) is 6.45. The Morgan fingerprint density at radius 1 is 1.44 bits per heavy atom. The maximum Gasteiger partial charge on any atom is 0.303 e. The maximum absolute atomic E-state index is 10.7. The first-order valence-corrected chi connectivity index (χ1v) is 6.24. The molecule has 0 amide bonds. The number of allylic oxidation sites excluding steroid dienone is 1. The molecule has 3 nitrogen and oxygen atoms in total. The van der Waals surface area contributed by atoms with Crippen LogP contribution in [0.1, 0.15) is 31.4 Å². The number of nitrogens with one attached hydrogen (secondary N) is 1. The molecule has 18 heavy (non-hydrogen) atoms. The summed E-state index contributed by atoms with van der Waals surface area (Å²) in [5.74, 6) is -0.651. The molecule has 1 unspecified atom stereocenters. The molecule has 0 heterocycles. The van der Waals surface area contributed by atoms with Crippen LogP contribution in [0.4, 0.5) is 0 Å². The van der Waals surface area contributed by atoms with Gasteiger partial charge in [0, 0.05) is 12.5 Å². The minimum atomic E-state index is -0.754. The van der Waals surface area contributed by atoms with E-state index in [1.165, 1.54) is 5.56 Å². The molecule has 0 fully saturated rings. The van der Waals surface area contributed by atoms with Gasteiger partial charge in [0.15, 0.2) is 0 Å². The zero-order valence-corrected chi connectivity index (χ0v) is 10.8. The van der Waals surface area contributed by atoms with E-state index in [-0.39, 0.29) is 18.4 Å². The molecular formula is C15H21NO2. The molecule has 1 aromatic rings. The number of hydrogen-bond acceptors (Lipinski definition) is 2. The van der Waals surface area contributed by atoms with Crippen LogP contribution in [-0.4, -0.2) is 17.6 Å². The highest BCUT2D eigenvalue weighted by Crippen LogP contribution is 2.14. The summed E-state index contributed by atoms with van der Waals surface area (Å²) < 4.78 is 0. The Balaban J connectivity index is 2.46. The molecular weight excluding hydrogens is 226 g/mol. The fourth-order valence-corrected chi connectivity index (χ4v) is 1.92. The van der Waals surface area contributed by atoms with Crippen molar-refractivity contribution < 1.29 is 9.90 Å². The van der Waals surface area contributed by atoms with Crippen LogP contribution in [0, 0.1) is 5.92 Å². The first kappa shape index (κ1) is 14.5. The number of benzene rings is 1. The molecule has 98 valence electrons. The van der Waals surface area contributed by atoms with E-state index in [9.17, 15) is 4.79 Å². The summed E-state index contributed by atoms with van der Waals surface area (Å²) >= 11 is 0. The number of rotatable bonds is 8. The van der Waals surface area contributed by atoms with Gasteiger partial charge in [-0.2, -0.15) is 0 Å². The van der Waals surface area contributed by atoms with Crippen LogP contribution in [0.15, 0.2) is 43.0 Å². The van der Waals surface area contributed by atoms with Crippen molar-refractivity contribution in [2.45, 2.75) is 25.8 Å². The van der Waals surface area contributed by atoms with E-state index in [4.69, 9.17) is 5.11 Å². The fraction of sp³-hybridized carbons (Fsp3) is 0.400. The zero-order valence-electron chi connectivity index (χ0n) is 10.8. The Morgan fingerprint density at radius 2 is 2.11 bits per heavy atom. The Bertz CT molecular complexity index is 375. The highest BCUT2D eigenvalue weighted by Gasteiger charge is 2.13. The molecule has 0 spiro atoms. The summed E-state index contributed by atoms with van der Waals surface area (Å²) in [4.78, 5) is 10.7. The quantitative estimate of drug-likeness (QED) is 0.694. The van der Waals surface area contributed by atoms with Crippen LogP contribution in [0.5, 0.6) is 0 Å². The summed E-state index contributed by atoms with van der Waals surface area (Å²) in [5, 5.41) is 12.2. The average molecular weight is 247 g/mol. The number of carboxylic acid groups (broad SMARTS) is 1. The molecule has 0 saturated heterocycles. The molecule has 1 rings (SSSR count). The van der Waals surface area contributed by atoms with E-state index in [1.807, 2.05) is 18.2 Å². The number of hydrogen-bond donors (Lipinski definition) is 2. The van der Waals surface area contributed by atoms with Gasteiger partial charge in [0.25, 0.3) is 0 Å². The minimum Gasteiger partial charge on any atom is -0.481 e. The number of carboxylic acids is 1. The molecule has 0 bridgehead atoms. The van der Waals surface area contributed by atoms with Crippen molar-refractivity contribution in [1.29, 1.82) is 0 Å². The van der Waals surface area contributed by atoms with Gasteiger partial charge in [-0.3, -0.25) is 4.79 Å². The van der Waals surface area contributed by atoms with Crippen LogP contribution < -0.4 is 5.32 Å². The van der Waals surface area contributed by atoms with Crippen LogP contribution in [-0.2, 0) is 4.79 Å². The second kappa shape index (κ2) is 7.67. The molecule has 1 aromatic carbocycles. The summed E-state index contributed by atoms with van der Waals surface area (Å²) in [6.07, 6.45) is 2.68. The third-order valence-corrected chi connectivity index (χ3v) is 2.98. The lowest BCUT2D eigenvalue weighted by Gasteiger charge is -2.19. The summed E-state index contributed by atoms with van der Waals surface area (Å²) in [5.41, 5.74) is 1.21. The molecule has 0 aromatic heterocycles. The third-order valence-electron chi connectivity index (χ3n) is 2.98. The lowest BCUT2D eigenvalue weighted by Crippen LogP contribution is -2.27. The van der Waals surface area contributed by atoms with Crippen molar-refractivity contribution in [2.24, 2.45) is 5.92 Å². The van der Waals surface area contributed by atoms with Gasteiger partial charge in [-0.25, -0.2) is 0 Å². The second-order valence-electron chi connectivity index (χ2n) is 4.53. The molecule has 2 atom stereocenters. The smallest absolute Gasteiger partial charge is 0.303 e. The van der Waals surface area contributed by atoms with Gasteiger partial charge >= 0.3 is 5.97 Å². The molecule has 0 aliphatic carbocycles. The van der Waals surface area contributed by atoms with Gasteiger partial charge in [-0.15, -0.1) is 6.58 Å². The van der Waals surface area contributed by atoms with E-state index >= 15 is 0 Å². The molecule has 3 heteroatoms. The van der Waals surface area contributed by atoms with Crippen molar-refractivity contribution in [3.05, 3.63) is 48.6 Å². The lowest BCUT2D eigenvalue weighted by atomic mass is 10.0. The van der Waals surface area contributed by atoms with Crippen LogP contribution >= 0.6 is 0 Å². The molecule has 0 aliphatic heterocycles. The SMILES string of the molecule is C=CCC(CN[C@@H](C)c1ccccc1)CC(=O)O. The number of aliphatic carboxylic acids is 1. The van der Waals surface area contributed by atoms with Gasteiger partial charge < -0.3 is 10.4 Å². The average Bonchev–Trinajstić information content (AvgIpc) is 2.36. The standard InChI is InChI=1S/C15H21NO2/c1-3-7-13(10-15(17)18)11-16-12(2)14-8-5-4-6-9-14/h3-6,8-9,12-13,16H,1,7,10-11H2,2H3,(H,17,18)/t12-,13?/m0/s1. The first-order valence-electron chi connectivity index (χ1n) is 6.24. The minimum absolute atomic E-state index is 0.103. The Labute approximate surface area is 109 Å². The van der Waals surface area contributed by atoms with E-state index < -0.39 is 5.97 Å². The molecule has 0 radical (unpaired) electrons. The Morgan fingerprint density at radius 3 is 2.67 bits per heavy atom. The van der Waals surface area contributed by atoms with Gasteiger partial charge in [0.2, 0.25) is 0 Å². The molecule has 0 aliphatic rings. The zero-order chi connectivity index (χ0) is 13.4. The van der Waals surface area contributed by atoms with Crippen molar-refractivity contribution in [3.63, 3.8) is 0 Å². The van der Waals surface area contributed by atoms with Crippen LogP contribution in [0.2, 0.25) is 0 Å². The van der Waals surface area contributed by atoms with Gasteiger partial charge in [0.1, 0.15) is 0 Å². The normalized spacial score (nSPS) is 13.8. The summed E-state index contributed by atoms with van der Waals surface area (Å²) in [6, 6.07) is 10.4. The fourth-order valence-electron chi connectivity index (χ4n) is 1.92. The van der Waals surface area contributed by atoms with Crippen LogP contribution in [0.25, 0.3) is 0 Å². The maximum atomic E-state index is 10.7. The first-order chi connectivity index (χ1) is 8.63. The monoisotopic (exact) mass is 247 g/mol. The molecule has 0 saturated carbocycles. The largest absolute Gasteiger partial charge is 0.481 e. The van der Waals surface area contributed by atoms with E-state index in [1.54, 1.807) is 6.08 Å².